The lowest BCUT2D eigenvalue weighted by Crippen LogP contribution is -1.86. The van der Waals surface area contributed by atoms with Gasteiger partial charge in [0.25, 0.3) is 0 Å². The number of nitrogens with zero attached hydrogens (tertiary/aromatic N) is 4. The molecule has 2 aromatic rings. The molecule has 0 fully saturated rings. The fourth-order valence-electron chi connectivity index (χ4n) is 0.812. The molecule has 0 saturated heterocycles. The summed E-state index contributed by atoms with van der Waals surface area (Å²) in [7, 11) is 0. The maximum Gasteiger partial charge on any atom is 0.215 e. The zero-order valence-electron chi connectivity index (χ0n) is 5.51. The molecule has 0 atom stereocenters. The van der Waals surface area contributed by atoms with E-state index >= 15 is 0 Å². The molecule has 0 unspecified atom stereocenters. The van der Waals surface area contributed by atoms with E-state index in [4.69, 9.17) is 0 Å². The van der Waals surface area contributed by atoms with Crippen LogP contribution in [0.2, 0.25) is 0 Å². The lowest BCUT2D eigenvalue weighted by atomic mass is 10.7. The lowest BCUT2D eigenvalue weighted by Gasteiger charge is -1.83. The predicted molar refractivity (Wildman–Crippen MR) is 36.2 cm³/mol. The summed E-state index contributed by atoms with van der Waals surface area (Å²) in [4.78, 5) is 17.9. The Morgan fingerprint density at radius 3 is 3.18 bits per heavy atom. The number of aldehydes is 1. The van der Waals surface area contributed by atoms with Gasteiger partial charge in [0.2, 0.25) is 5.82 Å². The molecule has 0 bridgehead atoms. The molecule has 0 saturated carbocycles. The Hall–Kier alpha value is -1.78. The van der Waals surface area contributed by atoms with Gasteiger partial charge in [-0.3, -0.25) is 9.78 Å². The van der Waals surface area contributed by atoms with Crippen LogP contribution in [-0.2, 0) is 0 Å². The fourth-order valence-corrected chi connectivity index (χ4v) is 0.812. The first-order valence-electron chi connectivity index (χ1n) is 3.02. The molecule has 0 N–H and O–H groups in total. The molecule has 0 aliphatic carbocycles. The first kappa shape index (κ1) is 5.96. The third-order valence-electron chi connectivity index (χ3n) is 1.26. The van der Waals surface area contributed by atoms with Crippen LogP contribution in [0.25, 0.3) is 5.65 Å². The molecule has 0 spiro atoms. The number of carbonyl (C=O) groups excluding carboxylic acids is 1. The molecule has 2 heterocycles. The van der Waals surface area contributed by atoms with Crippen molar-refractivity contribution in [3.05, 3.63) is 24.4 Å². The van der Waals surface area contributed by atoms with Crippen LogP contribution in [0.4, 0.5) is 0 Å². The van der Waals surface area contributed by atoms with Gasteiger partial charge in [0.15, 0.2) is 11.9 Å². The molecular weight excluding hydrogens is 144 g/mol. The molecule has 2 aromatic heterocycles. The van der Waals surface area contributed by atoms with Gasteiger partial charge in [0.1, 0.15) is 0 Å². The van der Waals surface area contributed by atoms with Gasteiger partial charge in [-0.05, 0) is 0 Å². The van der Waals surface area contributed by atoms with Crippen LogP contribution in [0.15, 0.2) is 18.6 Å². The minimum atomic E-state index is 0.179. The maximum absolute atomic E-state index is 10.2. The van der Waals surface area contributed by atoms with Crippen molar-refractivity contribution < 1.29 is 4.79 Å². The van der Waals surface area contributed by atoms with Gasteiger partial charge in [-0.1, -0.05) is 0 Å². The van der Waals surface area contributed by atoms with Crippen molar-refractivity contribution in [1.82, 2.24) is 19.6 Å². The second-order valence-corrected chi connectivity index (χ2v) is 1.97. The Balaban J connectivity index is 2.78. The minimum absolute atomic E-state index is 0.179. The van der Waals surface area contributed by atoms with Gasteiger partial charge < -0.3 is 0 Å². The Morgan fingerprint density at radius 2 is 2.45 bits per heavy atom. The molecular formula is C6H4N4O. The standard InChI is InChI=1S/C6H4N4O/c11-4-5-8-6-3-7-1-2-10(6)9-5/h1-4H. The van der Waals surface area contributed by atoms with Gasteiger partial charge >= 0.3 is 0 Å². The second kappa shape index (κ2) is 2.12. The van der Waals surface area contributed by atoms with Crippen LogP contribution in [0.1, 0.15) is 10.6 Å². The summed E-state index contributed by atoms with van der Waals surface area (Å²) < 4.78 is 1.50. The van der Waals surface area contributed by atoms with Gasteiger partial charge in [-0.25, -0.2) is 9.50 Å². The normalized spacial score (nSPS) is 10.2. The van der Waals surface area contributed by atoms with E-state index in [1.54, 1.807) is 18.6 Å². The Kier molecular flexibility index (Phi) is 1.15. The summed E-state index contributed by atoms with van der Waals surface area (Å²) in [6, 6.07) is 0. The number of carbonyl (C=O) groups is 1. The van der Waals surface area contributed by atoms with Crippen molar-refractivity contribution in [2.75, 3.05) is 0 Å². The third kappa shape index (κ3) is 0.861. The van der Waals surface area contributed by atoms with E-state index in [-0.39, 0.29) is 5.82 Å². The van der Waals surface area contributed by atoms with E-state index in [1.807, 2.05) is 0 Å². The van der Waals surface area contributed by atoms with Gasteiger partial charge in [-0.15, -0.1) is 5.10 Å². The van der Waals surface area contributed by atoms with E-state index in [9.17, 15) is 4.79 Å². The fraction of sp³-hybridized carbons (Fsp3) is 0. The van der Waals surface area contributed by atoms with Crippen LogP contribution in [0.5, 0.6) is 0 Å². The lowest BCUT2D eigenvalue weighted by molar-refractivity contribution is 0.111. The van der Waals surface area contributed by atoms with Crippen molar-refractivity contribution in [3.63, 3.8) is 0 Å². The first-order chi connectivity index (χ1) is 5.40. The minimum Gasteiger partial charge on any atom is -0.294 e. The molecule has 0 amide bonds. The van der Waals surface area contributed by atoms with E-state index in [2.05, 4.69) is 15.1 Å². The van der Waals surface area contributed by atoms with E-state index < -0.39 is 0 Å². The van der Waals surface area contributed by atoms with Crippen LogP contribution in [0, 0.1) is 0 Å². The summed E-state index contributed by atoms with van der Waals surface area (Å²) in [6.45, 7) is 0. The van der Waals surface area contributed by atoms with Crippen molar-refractivity contribution >= 4 is 11.9 Å². The monoisotopic (exact) mass is 148 g/mol. The van der Waals surface area contributed by atoms with Crippen molar-refractivity contribution in [3.8, 4) is 0 Å². The quantitative estimate of drug-likeness (QED) is 0.531. The number of hydrogen-bond donors (Lipinski definition) is 0. The van der Waals surface area contributed by atoms with Gasteiger partial charge in [0.05, 0.1) is 6.20 Å². The van der Waals surface area contributed by atoms with Gasteiger partial charge in [-0.2, -0.15) is 0 Å². The number of aromatic nitrogens is 4. The number of fused-ring (bicyclic) bond motifs is 1. The molecule has 0 aliphatic rings. The predicted octanol–water partition coefficient (Wildman–Crippen LogP) is -0.0632. The highest BCUT2D eigenvalue weighted by molar-refractivity contribution is 5.69. The number of rotatable bonds is 1. The molecule has 5 nitrogen and oxygen atoms in total. The molecule has 5 heteroatoms. The summed E-state index contributed by atoms with van der Waals surface area (Å²) in [5, 5.41) is 3.83. The maximum atomic E-state index is 10.2. The molecule has 0 aliphatic heterocycles. The van der Waals surface area contributed by atoms with E-state index in [1.165, 1.54) is 4.52 Å². The average Bonchev–Trinajstić information content (AvgIpc) is 2.46. The summed E-state index contributed by atoms with van der Waals surface area (Å²) >= 11 is 0. The zero-order valence-corrected chi connectivity index (χ0v) is 5.51. The van der Waals surface area contributed by atoms with Crippen LogP contribution < -0.4 is 0 Å². The third-order valence-corrected chi connectivity index (χ3v) is 1.26. The van der Waals surface area contributed by atoms with E-state index in [0.29, 0.717) is 11.9 Å². The zero-order chi connectivity index (χ0) is 7.68. The molecule has 11 heavy (non-hydrogen) atoms. The molecule has 2 rings (SSSR count). The Labute approximate surface area is 61.7 Å². The highest BCUT2D eigenvalue weighted by atomic mass is 16.1. The summed E-state index contributed by atoms with van der Waals surface area (Å²) in [5.41, 5.74) is 0.578. The molecule has 0 radical (unpaired) electrons. The Bertz CT molecular complexity index is 361. The SMILES string of the molecule is O=Cc1nc2cnccn2n1. The largest absolute Gasteiger partial charge is 0.294 e. The highest BCUT2D eigenvalue weighted by Crippen LogP contribution is 1.94. The number of hydrogen-bond acceptors (Lipinski definition) is 4. The van der Waals surface area contributed by atoms with Gasteiger partial charge in [0, 0.05) is 12.4 Å². The average molecular weight is 148 g/mol. The van der Waals surface area contributed by atoms with E-state index in [0.717, 1.165) is 0 Å². The topological polar surface area (TPSA) is 60.2 Å². The summed E-state index contributed by atoms with van der Waals surface area (Å²) in [5.74, 6) is 0.179. The summed E-state index contributed by atoms with van der Waals surface area (Å²) in [6.07, 6.45) is 5.36. The van der Waals surface area contributed by atoms with Crippen molar-refractivity contribution in [2.45, 2.75) is 0 Å². The second-order valence-electron chi connectivity index (χ2n) is 1.97. The first-order valence-corrected chi connectivity index (χ1v) is 3.02. The van der Waals surface area contributed by atoms with Crippen LogP contribution >= 0.6 is 0 Å². The molecule has 54 valence electrons. The van der Waals surface area contributed by atoms with Crippen LogP contribution in [-0.4, -0.2) is 25.9 Å². The Morgan fingerprint density at radius 1 is 1.55 bits per heavy atom. The van der Waals surface area contributed by atoms with Crippen LogP contribution in [0.3, 0.4) is 0 Å². The van der Waals surface area contributed by atoms with Crippen molar-refractivity contribution in [1.29, 1.82) is 0 Å². The van der Waals surface area contributed by atoms with Crippen molar-refractivity contribution in [2.24, 2.45) is 0 Å². The smallest absolute Gasteiger partial charge is 0.215 e. The molecule has 0 aromatic carbocycles. The highest BCUT2D eigenvalue weighted by Gasteiger charge is 1.98.